The van der Waals surface area contributed by atoms with Gasteiger partial charge in [0.15, 0.2) is 0 Å². The van der Waals surface area contributed by atoms with Gasteiger partial charge in [0.05, 0.1) is 0 Å². The predicted molar refractivity (Wildman–Crippen MR) is 76.8 cm³/mol. The van der Waals surface area contributed by atoms with Crippen LogP contribution in [0.15, 0.2) is 0 Å². The normalized spacial score (nSPS) is 37.5. The first-order chi connectivity index (χ1) is 9.28. The van der Waals surface area contributed by atoms with E-state index >= 15 is 0 Å². The zero-order valence-electron chi connectivity index (χ0n) is 12.2. The third-order valence-corrected chi connectivity index (χ3v) is 5.69. The largest absolute Gasteiger partial charge is 0.339 e. The summed E-state index contributed by atoms with van der Waals surface area (Å²) >= 11 is 0. The summed E-state index contributed by atoms with van der Waals surface area (Å²) in [4.78, 5) is 14.8. The Morgan fingerprint density at radius 1 is 1.26 bits per heavy atom. The molecule has 0 aromatic rings. The fraction of sp³-hybridized carbons (Fsp3) is 0.938. The van der Waals surface area contributed by atoms with E-state index in [9.17, 15) is 4.79 Å². The minimum atomic E-state index is 0.425. The van der Waals surface area contributed by atoms with Crippen molar-refractivity contribution in [3.8, 4) is 0 Å². The predicted octanol–water partition coefficient (Wildman–Crippen LogP) is 2.41. The van der Waals surface area contributed by atoms with Crippen molar-refractivity contribution in [1.82, 2.24) is 10.2 Å². The molecule has 1 saturated heterocycles. The van der Waals surface area contributed by atoms with Crippen LogP contribution in [-0.4, -0.2) is 36.5 Å². The average Bonchev–Trinajstić information content (AvgIpc) is 3.03. The maximum atomic E-state index is 12.6. The van der Waals surface area contributed by atoms with Crippen LogP contribution in [0.1, 0.15) is 51.9 Å². The van der Waals surface area contributed by atoms with E-state index in [4.69, 9.17) is 0 Å². The summed E-state index contributed by atoms with van der Waals surface area (Å²) in [7, 11) is 0. The minimum Gasteiger partial charge on any atom is -0.339 e. The maximum Gasteiger partial charge on any atom is 0.223 e. The Labute approximate surface area is 117 Å². The quantitative estimate of drug-likeness (QED) is 0.845. The van der Waals surface area contributed by atoms with Crippen LogP contribution in [0.2, 0.25) is 0 Å². The van der Waals surface area contributed by atoms with E-state index in [-0.39, 0.29) is 0 Å². The number of likely N-dealkylation sites (N-methyl/N-ethyl adjacent to an activating group) is 1. The summed E-state index contributed by atoms with van der Waals surface area (Å²) in [6.07, 6.45) is 8.78. The zero-order chi connectivity index (χ0) is 13.2. The number of amides is 1. The number of piperidine rings is 1. The number of carbonyl (C=O) groups is 1. The summed E-state index contributed by atoms with van der Waals surface area (Å²) in [6, 6.07) is 0.449. The monoisotopic (exact) mass is 264 g/mol. The Balaban J connectivity index is 1.55. The molecule has 0 radical (unpaired) electrons. The van der Waals surface area contributed by atoms with Gasteiger partial charge in [-0.3, -0.25) is 4.79 Å². The average molecular weight is 264 g/mol. The molecule has 3 heteroatoms. The Bertz CT molecular complexity index is 325. The molecule has 4 unspecified atom stereocenters. The highest BCUT2D eigenvalue weighted by Gasteiger charge is 2.41. The second-order valence-electron chi connectivity index (χ2n) is 6.82. The van der Waals surface area contributed by atoms with Crippen molar-refractivity contribution in [3.05, 3.63) is 0 Å². The van der Waals surface area contributed by atoms with Gasteiger partial charge in [0.2, 0.25) is 5.91 Å². The van der Waals surface area contributed by atoms with Crippen LogP contribution in [0.5, 0.6) is 0 Å². The van der Waals surface area contributed by atoms with Gasteiger partial charge in [-0.1, -0.05) is 6.42 Å². The number of rotatable bonds is 4. The van der Waals surface area contributed by atoms with Crippen molar-refractivity contribution in [1.29, 1.82) is 0 Å². The molecule has 0 aromatic heterocycles. The van der Waals surface area contributed by atoms with Crippen LogP contribution >= 0.6 is 0 Å². The van der Waals surface area contributed by atoms with E-state index in [1.807, 2.05) is 0 Å². The molecule has 1 aliphatic heterocycles. The number of nitrogens with one attached hydrogen (secondary N) is 1. The number of hydrogen-bond donors (Lipinski definition) is 1. The van der Waals surface area contributed by atoms with Gasteiger partial charge < -0.3 is 10.2 Å². The molecule has 2 bridgehead atoms. The fourth-order valence-electron chi connectivity index (χ4n) is 4.71. The van der Waals surface area contributed by atoms with Crippen LogP contribution < -0.4 is 5.32 Å². The van der Waals surface area contributed by atoms with Gasteiger partial charge in [0, 0.05) is 25.6 Å². The Hall–Kier alpha value is -0.570. The van der Waals surface area contributed by atoms with Gasteiger partial charge in [0.1, 0.15) is 0 Å². The van der Waals surface area contributed by atoms with Crippen molar-refractivity contribution >= 4 is 5.91 Å². The lowest BCUT2D eigenvalue weighted by Gasteiger charge is -2.35. The van der Waals surface area contributed by atoms with Crippen molar-refractivity contribution in [2.45, 2.75) is 57.9 Å². The Morgan fingerprint density at radius 3 is 2.74 bits per heavy atom. The van der Waals surface area contributed by atoms with Crippen LogP contribution in [0.3, 0.4) is 0 Å². The van der Waals surface area contributed by atoms with Gasteiger partial charge in [0.25, 0.3) is 0 Å². The van der Waals surface area contributed by atoms with Crippen molar-refractivity contribution < 1.29 is 4.79 Å². The minimum absolute atomic E-state index is 0.425. The molecule has 3 fully saturated rings. The van der Waals surface area contributed by atoms with E-state index in [1.165, 1.54) is 38.5 Å². The van der Waals surface area contributed by atoms with Gasteiger partial charge >= 0.3 is 0 Å². The van der Waals surface area contributed by atoms with E-state index in [2.05, 4.69) is 17.1 Å². The Morgan fingerprint density at radius 2 is 2.16 bits per heavy atom. The summed E-state index contributed by atoms with van der Waals surface area (Å²) in [5, 5.41) is 3.43. The third kappa shape index (κ3) is 2.81. The first-order valence-corrected chi connectivity index (χ1v) is 8.28. The molecular weight excluding hydrogens is 236 g/mol. The fourth-order valence-corrected chi connectivity index (χ4v) is 4.71. The SMILES string of the molecule is CCN(C(=O)CC1CC2CCC1C2)C1CCCNC1. The van der Waals surface area contributed by atoms with Crippen LogP contribution in [0.4, 0.5) is 0 Å². The number of nitrogens with zero attached hydrogens (tertiary/aromatic N) is 1. The highest BCUT2D eigenvalue weighted by molar-refractivity contribution is 5.77. The van der Waals surface area contributed by atoms with Crippen molar-refractivity contribution in [2.24, 2.45) is 17.8 Å². The van der Waals surface area contributed by atoms with E-state index in [0.29, 0.717) is 17.9 Å². The van der Waals surface area contributed by atoms with Crippen molar-refractivity contribution in [2.75, 3.05) is 19.6 Å². The molecule has 0 aromatic carbocycles. The lowest BCUT2D eigenvalue weighted by Crippen LogP contribution is -2.49. The highest BCUT2D eigenvalue weighted by Crippen LogP contribution is 2.49. The van der Waals surface area contributed by atoms with Gasteiger partial charge in [-0.15, -0.1) is 0 Å². The zero-order valence-corrected chi connectivity index (χ0v) is 12.2. The maximum absolute atomic E-state index is 12.6. The smallest absolute Gasteiger partial charge is 0.223 e. The van der Waals surface area contributed by atoms with Crippen LogP contribution in [-0.2, 0) is 4.79 Å². The third-order valence-electron chi connectivity index (χ3n) is 5.69. The second-order valence-corrected chi connectivity index (χ2v) is 6.82. The number of hydrogen-bond acceptors (Lipinski definition) is 2. The molecular formula is C16H28N2O. The molecule has 1 amide bonds. The lowest BCUT2D eigenvalue weighted by atomic mass is 9.86. The molecule has 4 atom stereocenters. The molecule has 19 heavy (non-hydrogen) atoms. The first-order valence-electron chi connectivity index (χ1n) is 8.28. The van der Waals surface area contributed by atoms with E-state index in [1.54, 1.807) is 0 Å². The van der Waals surface area contributed by atoms with Gasteiger partial charge in [-0.2, -0.15) is 0 Å². The number of carbonyl (C=O) groups excluding carboxylic acids is 1. The van der Waals surface area contributed by atoms with Crippen molar-refractivity contribution in [3.63, 3.8) is 0 Å². The molecule has 3 rings (SSSR count). The molecule has 3 nitrogen and oxygen atoms in total. The molecule has 1 N–H and O–H groups in total. The summed E-state index contributed by atoms with van der Waals surface area (Å²) < 4.78 is 0. The van der Waals surface area contributed by atoms with E-state index in [0.717, 1.165) is 37.9 Å². The Kier molecular flexibility index (Phi) is 4.11. The molecule has 2 aliphatic carbocycles. The van der Waals surface area contributed by atoms with Crippen LogP contribution in [0.25, 0.3) is 0 Å². The van der Waals surface area contributed by atoms with Gasteiger partial charge in [-0.05, 0) is 63.3 Å². The highest BCUT2D eigenvalue weighted by atomic mass is 16.2. The van der Waals surface area contributed by atoms with Crippen LogP contribution in [0, 0.1) is 17.8 Å². The van der Waals surface area contributed by atoms with Gasteiger partial charge in [-0.25, -0.2) is 0 Å². The molecule has 3 aliphatic rings. The lowest BCUT2D eigenvalue weighted by molar-refractivity contribution is -0.135. The van der Waals surface area contributed by atoms with E-state index < -0.39 is 0 Å². The summed E-state index contributed by atoms with van der Waals surface area (Å²) in [5.41, 5.74) is 0. The molecule has 0 spiro atoms. The standard InChI is InChI=1S/C16H28N2O/c1-2-18(15-4-3-7-17-11-15)16(19)10-14-9-12-5-6-13(14)8-12/h12-15,17H,2-11H2,1H3. The molecule has 2 saturated carbocycles. The summed E-state index contributed by atoms with van der Waals surface area (Å²) in [6.45, 7) is 5.13. The molecule has 108 valence electrons. The second kappa shape index (κ2) is 5.82. The topological polar surface area (TPSA) is 32.3 Å². The summed E-state index contributed by atoms with van der Waals surface area (Å²) in [5.74, 6) is 2.96. The number of fused-ring (bicyclic) bond motifs is 2. The first kappa shape index (κ1) is 13.4. The molecule has 1 heterocycles.